The first-order chi connectivity index (χ1) is 11.6. The van der Waals surface area contributed by atoms with Gasteiger partial charge < -0.3 is 9.47 Å². The molecule has 10 heteroatoms. The molecule has 3 aromatic rings. The van der Waals surface area contributed by atoms with Gasteiger partial charge in [-0.05, 0) is 23.4 Å². The number of rotatable bonds is 6. The second kappa shape index (κ2) is 6.30. The fourth-order valence-corrected chi connectivity index (χ4v) is 1.97. The molecule has 0 fully saturated rings. The summed E-state index contributed by atoms with van der Waals surface area (Å²) in [5, 5.41) is 12.3. The molecule has 3 heterocycles. The second-order valence-electron chi connectivity index (χ2n) is 4.50. The molecule has 0 aliphatic carbocycles. The van der Waals surface area contributed by atoms with Crippen molar-refractivity contribution >= 4 is 0 Å². The largest absolute Gasteiger partial charge is 0.478 e. The molecule has 0 radical (unpaired) electrons. The zero-order valence-electron chi connectivity index (χ0n) is 13.6. The standard InChI is InChI=1S/C13H15N7O3/c1-3-22-12-9(8-23-11-5-7-15-16-11)10(4-6-14-12)20-13(21)19(2)17-18-20/h4-7H,3,8H2,1-2H3,(H,15,16)/i/hT. The van der Waals surface area contributed by atoms with Crippen LogP contribution >= 0.6 is 0 Å². The van der Waals surface area contributed by atoms with Gasteiger partial charge in [0.05, 0.1) is 17.9 Å². The first-order valence-electron chi connectivity index (χ1n) is 7.32. The number of aromatic nitrogens is 7. The number of ether oxygens (including phenoxy) is 2. The summed E-state index contributed by atoms with van der Waals surface area (Å²) in [4.78, 5) is 16.3. The van der Waals surface area contributed by atoms with Gasteiger partial charge in [0.1, 0.15) is 6.61 Å². The number of hydrogen-bond acceptors (Lipinski definition) is 7. The molecule has 0 bridgehead atoms. The van der Waals surface area contributed by atoms with E-state index in [-0.39, 0.29) is 12.5 Å². The maximum atomic E-state index is 12.1. The first-order valence-corrected chi connectivity index (χ1v) is 6.88. The Balaban J connectivity index is 2.00. The Kier molecular flexibility index (Phi) is 3.69. The highest BCUT2D eigenvalue weighted by Gasteiger charge is 2.17. The summed E-state index contributed by atoms with van der Waals surface area (Å²) in [6.07, 6.45) is 2.96. The molecule has 0 aromatic carbocycles. The molecule has 3 rings (SSSR count). The zero-order chi connectivity index (χ0) is 17.1. The van der Waals surface area contributed by atoms with Crippen LogP contribution in [0.4, 0.5) is 0 Å². The monoisotopic (exact) mass is 319 g/mol. The molecular formula is C13H15N7O3. The van der Waals surface area contributed by atoms with Gasteiger partial charge in [-0.25, -0.2) is 9.78 Å². The van der Waals surface area contributed by atoms with E-state index in [9.17, 15) is 4.79 Å². The van der Waals surface area contributed by atoms with E-state index in [1.165, 1.54) is 19.4 Å². The summed E-state index contributed by atoms with van der Waals surface area (Å²) in [6, 6.07) is 3.18. The number of aryl methyl sites for hydroxylation is 1. The molecule has 0 amide bonds. The molecule has 23 heavy (non-hydrogen) atoms. The van der Waals surface area contributed by atoms with E-state index in [1.54, 1.807) is 12.1 Å². The minimum atomic E-state index is -0.402. The van der Waals surface area contributed by atoms with E-state index < -0.39 is 5.69 Å². The van der Waals surface area contributed by atoms with Gasteiger partial charge in [0.25, 0.3) is 0 Å². The maximum absolute atomic E-state index is 12.1. The maximum Gasteiger partial charge on any atom is 0.368 e. The zero-order valence-corrected chi connectivity index (χ0v) is 12.6. The lowest BCUT2D eigenvalue weighted by atomic mass is 10.2. The van der Waals surface area contributed by atoms with Crippen LogP contribution < -0.4 is 15.2 Å². The van der Waals surface area contributed by atoms with E-state index in [4.69, 9.17) is 10.9 Å². The Morgan fingerprint density at radius 3 is 2.87 bits per heavy atom. The minimum Gasteiger partial charge on any atom is -0.478 e. The van der Waals surface area contributed by atoms with Gasteiger partial charge >= 0.3 is 5.69 Å². The van der Waals surface area contributed by atoms with Crippen molar-refractivity contribution in [3.05, 3.63) is 40.6 Å². The molecule has 0 saturated carbocycles. The summed E-state index contributed by atoms with van der Waals surface area (Å²) in [5.74, 6) is 0.603. The van der Waals surface area contributed by atoms with Gasteiger partial charge in [-0.15, -0.1) is 5.10 Å². The smallest absolute Gasteiger partial charge is 0.368 e. The lowest BCUT2D eigenvalue weighted by molar-refractivity contribution is 0.272. The summed E-state index contributed by atoms with van der Waals surface area (Å²) in [6.45, 7) is 2.27. The van der Waals surface area contributed by atoms with Gasteiger partial charge in [-0.3, -0.25) is 5.09 Å². The SMILES string of the molecule is [3H]n1ccc(OCc2c(-n3nnn(C)c3=O)ccnc2OCC)n1. The van der Waals surface area contributed by atoms with E-state index in [0.717, 1.165) is 14.5 Å². The Hall–Kier alpha value is -3.17. The van der Waals surface area contributed by atoms with Crippen LogP contribution in [0.15, 0.2) is 29.3 Å². The third kappa shape index (κ3) is 2.91. The van der Waals surface area contributed by atoms with Gasteiger partial charge in [0.15, 0.2) is 1.41 Å². The molecule has 3 aromatic heterocycles. The highest BCUT2D eigenvalue weighted by Crippen LogP contribution is 2.23. The number of nitrogens with zero attached hydrogens (tertiary/aromatic N) is 6. The van der Waals surface area contributed by atoms with Gasteiger partial charge in [-0.2, -0.15) is 9.36 Å². The number of H-pyrrole nitrogens is 1. The molecule has 0 unspecified atom stereocenters. The molecule has 0 aliphatic rings. The van der Waals surface area contributed by atoms with Crippen molar-refractivity contribution in [2.45, 2.75) is 13.5 Å². The summed E-state index contributed by atoms with van der Waals surface area (Å²) < 4.78 is 20.7. The Labute approximate surface area is 132 Å². The average Bonchev–Trinajstić information content (AvgIpc) is 3.13. The predicted octanol–water partition coefficient (Wildman–Crippen LogP) is 0.0618. The highest BCUT2D eigenvalue weighted by atomic mass is 16.5. The lowest BCUT2D eigenvalue weighted by Gasteiger charge is -2.12. The lowest BCUT2D eigenvalue weighted by Crippen LogP contribution is -2.23. The summed E-state index contributed by atoms with van der Waals surface area (Å²) in [5.41, 5.74) is 0.582. The first kappa shape index (κ1) is 13.5. The summed E-state index contributed by atoms with van der Waals surface area (Å²) >= 11 is 0. The van der Waals surface area contributed by atoms with Crippen LogP contribution in [0, 0.1) is 0 Å². The van der Waals surface area contributed by atoms with Crippen molar-refractivity contribution in [3.63, 3.8) is 0 Å². The molecule has 0 spiro atoms. The molecule has 0 atom stereocenters. The Bertz CT molecular complexity index is 901. The van der Waals surface area contributed by atoms with Crippen LogP contribution in [0.2, 0.25) is 1.41 Å². The van der Waals surface area contributed by atoms with E-state index >= 15 is 0 Å². The molecule has 1 N–H and O–H groups in total. The Morgan fingerprint density at radius 1 is 1.35 bits per heavy atom. The fourth-order valence-electron chi connectivity index (χ4n) is 1.97. The van der Waals surface area contributed by atoms with Crippen LogP contribution in [0.5, 0.6) is 11.8 Å². The normalized spacial score (nSPS) is 11.3. The number of aromatic amines is 1. The van der Waals surface area contributed by atoms with Crippen molar-refractivity contribution in [3.8, 4) is 17.4 Å². The second-order valence-corrected chi connectivity index (χ2v) is 4.50. The summed E-state index contributed by atoms with van der Waals surface area (Å²) in [7, 11) is 1.51. The molecule has 0 aliphatic heterocycles. The van der Waals surface area contributed by atoms with Gasteiger partial charge in [-0.1, -0.05) is 0 Å². The van der Waals surface area contributed by atoms with Crippen molar-refractivity contribution in [1.29, 1.82) is 0 Å². The average molecular weight is 319 g/mol. The Morgan fingerprint density at radius 2 is 2.22 bits per heavy atom. The van der Waals surface area contributed by atoms with Gasteiger partial charge in [0.2, 0.25) is 11.8 Å². The quantitative estimate of drug-likeness (QED) is 0.683. The van der Waals surface area contributed by atoms with Crippen LogP contribution in [0.1, 0.15) is 12.5 Å². The van der Waals surface area contributed by atoms with Crippen molar-refractivity contribution in [2.75, 3.05) is 6.61 Å². The van der Waals surface area contributed by atoms with E-state index in [0.29, 0.717) is 23.7 Å². The van der Waals surface area contributed by atoms with Crippen LogP contribution in [-0.4, -0.2) is 41.6 Å². The van der Waals surface area contributed by atoms with Crippen molar-refractivity contribution in [1.82, 2.24) is 35.0 Å². The van der Waals surface area contributed by atoms with Crippen LogP contribution in [-0.2, 0) is 13.7 Å². The number of pyridine rings is 1. The molecule has 0 saturated heterocycles. The minimum absolute atomic E-state index is 0.0402. The van der Waals surface area contributed by atoms with Crippen LogP contribution in [0.25, 0.3) is 5.69 Å². The number of nitrogens with one attached hydrogen (secondary N) is 1. The number of hydrogen-bond donors (Lipinski definition) is 1. The molecule has 10 nitrogen and oxygen atoms in total. The highest BCUT2D eigenvalue weighted by molar-refractivity contribution is 5.44. The predicted molar refractivity (Wildman–Crippen MR) is 78.5 cm³/mol. The van der Waals surface area contributed by atoms with Crippen LogP contribution in [0.3, 0.4) is 0 Å². The van der Waals surface area contributed by atoms with Gasteiger partial charge in [0, 0.05) is 25.5 Å². The van der Waals surface area contributed by atoms with Crippen molar-refractivity contribution in [2.24, 2.45) is 7.05 Å². The topological polar surface area (TPSA) is 113 Å². The number of tetrazole rings is 1. The third-order valence-electron chi connectivity index (χ3n) is 3.03. The fraction of sp³-hybridized carbons (Fsp3) is 0.308. The third-order valence-corrected chi connectivity index (χ3v) is 3.03. The van der Waals surface area contributed by atoms with Crippen molar-refractivity contribution < 1.29 is 10.9 Å². The molecular weight excluding hydrogens is 302 g/mol. The van der Waals surface area contributed by atoms with E-state index in [1.807, 2.05) is 6.92 Å². The molecule has 120 valence electrons. The van der Waals surface area contributed by atoms with E-state index in [2.05, 4.69) is 20.5 Å².